The second-order valence-electron chi connectivity index (χ2n) is 5.97. The summed E-state index contributed by atoms with van der Waals surface area (Å²) in [5, 5.41) is 3.27. The van der Waals surface area contributed by atoms with Gasteiger partial charge in [-0.1, -0.05) is 24.3 Å². The van der Waals surface area contributed by atoms with E-state index in [4.69, 9.17) is 4.74 Å². The molecular formula is C19H21FN2O2. The van der Waals surface area contributed by atoms with Crippen LogP contribution in [0.3, 0.4) is 0 Å². The zero-order chi connectivity index (χ0) is 16.9. The molecule has 0 aromatic heterocycles. The van der Waals surface area contributed by atoms with Crippen molar-refractivity contribution < 1.29 is 13.9 Å². The van der Waals surface area contributed by atoms with Gasteiger partial charge in [-0.25, -0.2) is 4.39 Å². The lowest BCUT2D eigenvalue weighted by Gasteiger charge is -2.24. The van der Waals surface area contributed by atoms with Gasteiger partial charge in [0, 0.05) is 19.6 Å². The maximum Gasteiger partial charge on any atom is 0.257 e. The van der Waals surface area contributed by atoms with Crippen LogP contribution in [-0.4, -0.2) is 37.0 Å². The molecule has 1 amide bonds. The first-order valence-electron chi connectivity index (χ1n) is 8.09. The van der Waals surface area contributed by atoms with Gasteiger partial charge in [0.05, 0.1) is 5.56 Å². The van der Waals surface area contributed by atoms with Gasteiger partial charge in [-0.3, -0.25) is 4.79 Å². The van der Waals surface area contributed by atoms with E-state index >= 15 is 0 Å². The predicted octanol–water partition coefficient (Wildman–Crippen LogP) is 2.84. The van der Waals surface area contributed by atoms with Crippen molar-refractivity contribution in [1.29, 1.82) is 0 Å². The number of rotatable bonds is 5. The zero-order valence-corrected chi connectivity index (χ0v) is 13.7. The van der Waals surface area contributed by atoms with Crippen molar-refractivity contribution in [3.8, 4) is 5.75 Å². The SMILES string of the molecule is CN(C(=O)c1ccccc1OCc1ccc(F)cc1)C1CCNC1. The van der Waals surface area contributed by atoms with Crippen LogP contribution in [0.15, 0.2) is 48.5 Å². The number of carbonyl (C=O) groups is 1. The van der Waals surface area contributed by atoms with Crippen molar-refractivity contribution >= 4 is 5.91 Å². The molecule has 1 saturated heterocycles. The molecule has 0 spiro atoms. The number of likely N-dealkylation sites (N-methyl/N-ethyl adjacent to an activating group) is 1. The average molecular weight is 328 g/mol. The third kappa shape index (κ3) is 3.74. The maximum absolute atomic E-state index is 13.0. The lowest BCUT2D eigenvalue weighted by atomic mass is 10.1. The number of carbonyl (C=O) groups excluding carboxylic acids is 1. The summed E-state index contributed by atoms with van der Waals surface area (Å²) in [4.78, 5) is 14.6. The Morgan fingerprint density at radius 2 is 2.00 bits per heavy atom. The average Bonchev–Trinajstić information content (AvgIpc) is 3.15. The summed E-state index contributed by atoms with van der Waals surface area (Å²) in [5.74, 6) is 0.226. The molecule has 2 aromatic rings. The molecule has 1 aliphatic heterocycles. The Morgan fingerprint density at radius 3 is 2.71 bits per heavy atom. The fourth-order valence-corrected chi connectivity index (χ4v) is 2.84. The second-order valence-corrected chi connectivity index (χ2v) is 5.97. The lowest BCUT2D eigenvalue weighted by Crippen LogP contribution is -2.38. The summed E-state index contributed by atoms with van der Waals surface area (Å²) >= 11 is 0. The van der Waals surface area contributed by atoms with E-state index in [1.807, 2.05) is 19.2 Å². The summed E-state index contributed by atoms with van der Waals surface area (Å²) < 4.78 is 18.8. The molecule has 0 aliphatic carbocycles. The highest BCUT2D eigenvalue weighted by atomic mass is 19.1. The van der Waals surface area contributed by atoms with E-state index in [0.717, 1.165) is 25.1 Å². The highest BCUT2D eigenvalue weighted by molar-refractivity contribution is 5.97. The first-order valence-corrected chi connectivity index (χ1v) is 8.09. The third-order valence-electron chi connectivity index (χ3n) is 4.33. The summed E-state index contributed by atoms with van der Waals surface area (Å²) in [6.07, 6.45) is 0.959. The molecule has 0 radical (unpaired) electrons. The Kier molecular flexibility index (Phi) is 5.11. The van der Waals surface area contributed by atoms with Gasteiger partial charge in [-0.05, 0) is 42.8 Å². The Hall–Kier alpha value is -2.40. The van der Waals surface area contributed by atoms with Crippen molar-refractivity contribution in [2.45, 2.75) is 19.1 Å². The molecule has 24 heavy (non-hydrogen) atoms. The number of amides is 1. The number of nitrogens with one attached hydrogen (secondary N) is 1. The number of nitrogens with zero attached hydrogens (tertiary/aromatic N) is 1. The van der Waals surface area contributed by atoms with Gasteiger partial charge in [-0.15, -0.1) is 0 Å². The molecule has 1 atom stereocenters. The van der Waals surface area contributed by atoms with E-state index < -0.39 is 0 Å². The van der Waals surface area contributed by atoms with Gasteiger partial charge in [0.15, 0.2) is 0 Å². The van der Waals surface area contributed by atoms with Crippen LogP contribution in [-0.2, 0) is 6.61 Å². The highest BCUT2D eigenvalue weighted by Gasteiger charge is 2.25. The number of benzene rings is 2. The molecule has 2 aromatic carbocycles. The topological polar surface area (TPSA) is 41.6 Å². The summed E-state index contributed by atoms with van der Waals surface area (Å²) in [6, 6.07) is 13.6. The largest absolute Gasteiger partial charge is 0.488 e. The van der Waals surface area contributed by atoms with Crippen LogP contribution in [0.2, 0.25) is 0 Å². The van der Waals surface area contributed by atoms with Crippen molar-refractivity contribution in [1.82, 2.24) is 10.2 Å². The molecule has 1 aliphatic rings. The molecule has 1 fully saturated rings. The van der Waals surface area contributed by atoms with Crippen molar-refractivity contribution in [3.05, 3.63) is 65.5 Å². The maximum atomic E-state index is 13.0. The first-order chi connectivity index (χ1) is 11.6. The van der Waals surface area contributed by atoms with E-state index in [1.165, 1.54) is 12.1 Å². The zero-order valence-electron chi connectivity index (χ0n) is 13.7. The first kappa shape index (κ1) is 16.5. The molecule has 1 heterocycles. The van der Waals surface area contributed by atoms with E-state index in [0.29, 0.717) is 17.9 Å². The van der Waals surface area contributed by atoms with Crippen LogP contribution >= 0.6 is 0 Å². The van der Waals surface area contributed by atoms with Crippen molar-refractivity contribution in [3.63, 3.8) is 0 Å². The van der Waals surface area contributed by atoms with Gasteiger partial charge in [0.25, 0.3) is 5.91 Å². The van der Waals surface area contributed by atoms with E-state index in [9.17, 15) is 9.18 Å². The van der Waals surface area contributed by atoms with Gasteiger partial charge < -0.3 is 15.0 Å². The number of halogens is 1. The van der Waals surface area contributed by atoms with Gasteiger partial charge in [0.2, 0.25) is 0 Å². The molecule has 3 rings (SSSR count). The fraction of sp³-hybridized carbons (Fsp3) is 0.316. The van der Waals surface area contributed by atoms with Crippen molar-refractivity contribution in [2.24, 2.45) is 0 Å². The standard InChI is InChI=1S/C19H21FN2O2/c1-22(16-10-11-21-12-16)19(23)17-4-2-3-5-18(17)24-13-14-6-8-15(20)9-7-14/h2-9,16,21H,10-13H2,1H3. The number of ether oxygens (including phenoxy) is 1. The summed E-state index contributed by atoms with van der Waals surface area (Å²) in [5.41, 5.74) is 1.40. The van der Waals surface area contributed by atoms with Gasteiger partial charge in [0.1, 0.15) is 18.2 Å². The normalized spacial score (nSPS) is 16.8. The van der Waals surface area contributed by atoms with Crippen LogP contribution in [0.25, 0.3) is 0 Å². The van der Waals surface area contributed by atoms with Crippen LogP contribution in [0.5, 0.6) is 5.75 Å². The molecule has 1 N–H and O–H groups in total. The van der Waals surface area contributed by atoms with Crippen LogP contribution in [0.1, 0.15) is 22.3 Å². The number of hydrogen-bond donors (Lipinski definition) is 1. The molecule has 1 unspecified atom stereocenters. The summed E-state index contributed by atoms with van der Waals surface area (Å²) in [7, 11) is 1.83. The number of hydrogen-bond acceptors (Lipinski definition) is 3. The lowest BCUT2D eigenvalue weighted by molar-refractivity contribution is 0.0739. The highest BCUT2D eigenvalue weighted by Crippen LogP contribution is 2.22. The minimum absolute atomic E-state index is 0.0431. The van der Waals surface area contributed by atoms with Crippen LogP contribution in [0.4, 0.5) is 4.39 Å². The van der Waals surface area contributed by atoms with Gasteiger partial charge in [-0.2, -0.15) is 0 Å². The van der Waals surface area contributed by atoms with Crippen LogP contribution < -0.4 is 10.1 Å². The Morgan fingerprint density at radius 1 is 1.25 bits per heavy atom. The Bertz CT molecular complexity index is 697. The molecule has 0 bridgehead atoms. The molecule has 126 valence electrons. The molecule has 5 heteroatoms. The monoisotopic (exact) mass is 328 g/mol. The Labute approximate surface area is 141 Å². The van der Waals surface area contributed by atoms with E-state index in [1.54, 1.807) is 29.2 Å². The molecule has 4 nitrogen and oxygen atoms in total. The molecule has 0 saturated carbocycles. The minimum Gasteiger partial charge on any atom is -0.488 e. The third-order valence-corrected chi connectivity index (χ3v) is 4.33. The van der Waals surface area contributed by atoms with Crippen molar-refractivity contribution in [2.75, 3.05) is 20.1 Å². The predicted molar refractivity (Wildman–Crippen MR) is 90.5 cm³/mol. The Balaban J connectivity index is 1.72. The van der Waals surface area contributed by atoms with E-state index in [2.05, 4.69) is 5.32 Å². The second kappa shape index (κ2) is 7.45. The summed E-state index contributed by atoms with van der Waals surface area (Å²) in [6.45, 7) is 2.05. The minimum atomic E-state index is -0.277. The molecular weight excluding hydrogens is 307 g/mol. The van der Waals surface area contributed by atoms with Crippen LogP contribution in [0, 0.1) is 5.82 Å². The van der Waals surface area contributed by atoms with E-state index in [-0.39, 0.29) is 17.8 Å². The van der Waals surface area contributed by atoms with Gasteiger partial charge >= 0.3 is 0 Å². The number of para-hydroxylation sites is 1. The smallest absolute Gasteiger partial charge is 0.257 e. The quantitative estimate of drug-likeness (QED) is 0.918. The fourth-order valence-electron chi connectivity index (χ4n) is 2.84.